The Morgan fingerprint density at radius 3 is 2.67 bits per heavy atom. The average molecular weight is 151 g/mol. The molecule has 0 saturated heterocycles. The second-order valence-corrected chi connectivity index (χ2v) is 1.68. The van der Waals surface area contributed by atoms with Gasteiger partial charge in [-0.25, -0.2) is 4.39 Å². The maximum atomic E-state index is 12.3. The molecule has 4 heteroatoms. The third kappa shape index (κ3) is 3.08. The monoisotopic (exact) mass is 150 g/mol. The van der Waals surface area contributed by atoms with Gasteiger partial charge in [0, 0.05) is 14.1 Å². The van der Waals surface area contributed by atoms with E-state index in [-0.39, 0.29) is 5.16 Å². The Balaban J connectivity index is 4.10. The molecule has 0 atom stereocenters. The Morgan fingerprint density at radius 2 is 2.33 bits per heavy atom. The number of hydrogen-bond acceptors (Lipinski definition) is 2. The summed E-state index contributed by atoms with van der Waals surface area (Å²) in [6, 6.07) is 0. The molecule has 0 amide bonds. The van der Waals surface area contributed by atoms with Crippen LogP contribution in [-0.2, 0) is 0 Å². The van der Waals surface area contributed by atoms with E-state index >= 15 is 0 Å². The molecular weight excluding hydrogens is 143 g/mol. The molecule has 1 N–H and O–H groups in total. The summed E-state index contributed by atoms with van der Waals surface area (Å²) in [6.07, 6.45) is 1.04. The van der Waals surface area contributed by atoms with Crippen LogP contribution in [-0.4, -0.2) is 20.3 Å². The van der Waals surface area contributed by atoms with Crippen molar-refractivity contribution in [1.82, 2.24) is 5.32 Å². The van der Waals surface area contributed by atoms with Crippen LogP contribution in [0.5, 0.6) is 0 Å². The molecule has 0 heterocycles. The fourth-order valence-electron chi connectivity index (χ4n) is 0.289. The van der Waals surface area contributed by atoms with Crippen molar-refractivity contribution in [1.29, 1.82) is 0 Å². The largest absolute Gasteiger partial charge is 0.376 e. The summed E-state index contributed by atoms with van der Waals surface area (Å²) in [5, 5.41) is 2.40. The minimum absolute atomic E-state index is 0.0272. The van der Waals surface area contributed by atoms with Gasteiger partial charge in [-0.2, -0.15) is 0 Å². The molecule has 0 aromatic heterocycles. The Labute approximate surface area is 58.4 Å². The first kappa shape index (κ1) is 8.43. The Kier molecular flexibility index (Phi) is 4.05. The number of nitrogens with one attached hydrogen (secondary N) is 1. The lowest BCUT2D eigenvalue weighted by molar-refractivity contribution is 0.671. The van der Waals surface area contributed by atoms with Gasteiger partial charge in [0.1, 0.15) is 5.16 Å². The van der Waals surface area contributed by atoms with E-state index in [2.05, 4.69) is 10.3 Å². The topological polar surface area (TPSA) is 24.4 Å². The normalized spacial score (nSPS) is 13.8. The first-order valence-corrected chi connectivity index (χ1v) is 2.75. The number of rotatable bonds is 2. The SMILES string of the molecule is CN=CC(F)=C(Cl)NC. The molecule has 52 valence electrons. The fraction of sp³-hybridized carbons (Fsp3) is 0.400. The highest BCUT2D eigenvalue weighted by Crippen LogP contribution is 2.03. The molecule has 2 nitrogen and oxygen atoms in total. The van der Waals surface area contributed by atoms with Crippen molar-refractivity contribution in [3.63, 3.8) is 0 Å². The van der Waals surface area contributed by atoms with Crippen LogP contribution in [0.3, 0.4) is 0 Å². The molecule has 0 spiro atoms. The molecule has 0 aromatic rings. The van der Waals surface area contributed by atoms with Gasteiger partial charge in [0.05, 0.1) is 6.21 Å². The van der Waals surface area contributed by atoms with E-state index in [1.165, 1.54) is 14.1 Å². The van der Waals surface area contributed by atoms with Gasteiger partial charge in [0.2, 0.25) is 0 Å². The van der Waals surface area contributed by atoms with Crippen LogP contribution in [0, 0.1) is 0 Å². The Bertz CT molecular complexity index is 142. The maximum Gasteiger partial charge on any atom is 0.175 e. The Morgan fingerprint density at radius 1 is 1.78 bits per heavy atom. The summed E-state index contributed by atoms with van der Waals surface area (Å²) >= 11 is 5.30. The predicted octanol–water partition coefficient (Wildman–Crippen LogP) is 1.28. The molecular formula is C5H8ClFN2. The molecule has 0 saturated carbocycles. The van der Waals surface area contributed by atoms with Gasteiger partial charge in [0.25, 0.3) is 0 Å². The smallest absolute Gasteiger partial charge is 0.175 e. The lowest BCUT2D eigenvalue weighted by Crippen LogP contribution is -2.01. The molecule has 0 aliphatic heterocycles. The molecule has 0 aliphatic rings. The minimum atomic E-state index is -0.554. The molecule has 0 rings (SSSR count). The van der Waals surface area contributed by atoms with Crippen molar-refractivity contribution in [2.24, 2.45) is 4.99 Å². The van der Waals surface area contributed by atoms with Crippen LogP contribution in [0.4, 0.5) is 4.39 Å². The van der Waals surface area contributed by atoms with E-state index in [9.17, 15) is 4.39 Å². The standard InChI is InChI=1S/C5H8ClFN2/c1-8-3-4(7)5(6)9-2/h3,9H,1-2H3. The van der Waals surface area contributed by atoms with Gasteiger partial charge in [-0.15, -0.1) is 0 Å². The van der Waals surface area contributed by atoms with E-state index in [0.717, 1.165) is 6.21 Å². The van der Waals surface area contributed by atoms with Crippen molar-refractivity contribution in [2.45, 2.75) is 0 Å². The maximum absolute atomic E-state index is 12.3. The van der Waals surface area contributed by atoms with Crippen LogP contribution in [0.2, 0.25) is 0 Å². The number of hydrogen-bond donors (Lipinski definition) is 1. The summed E-state index contributed by atoms with van der Waals surface area (Å²) in [4.78, 5) is 3.42. The molecule has 0 bridgehead atoms. The van der Waals surface area contributed by atoms with Gasteiger partial charge in [-0.05, 0) is 0 Å². The van der Waals surface area contributed by atoms with Crippen LogP contribution in [0.1, 0.15) is 0 Å². The highest BCUT2D eigenvalue weighted by atomic mass is 35.5. The second kappa shape index (κ2) is 4.32. The zero-order chi connectivity index (χ0) is 7.28. The number of allylic oxidation sites excluding steroid dienone is 1. The van der Waals surface area contributed by atoms with Crippen LogP contribution in [0.15, 0.2) is 16.0 Å². The first-order valence-electron chi connectivity index (χ1n) is 2.37. The second-order valence-electron chi connectivity index (χ2n) is 1.30. The van der Waals surface area contributed by atoms with Crippen LogP contribution >= 0.6 is 11.6 Å². The van der Waals surface area contributed by atoms with Crippen molar-refractivity contribution in [3.8, 4) is 0 Å². The van der Waals surface area contributed by atoms with Crippen molar-refractivity contribution in [3.05, 3.63) is 11.0 Å². The molecule has 0 unspecified atom stereocenters. The molecule has 9 heavy (non-hydrogen) atoms. The zero-order valence-corrected chi connectivity index (χ0v) is 6.04. The summed E-state index contributed by atoms with van der Waals surface area (Å²) in [7, 11) is 3.00. The molecule has 0 aliphatic carbocycles. The first-order chi connectivity index (χ1) is 4.22. The summed E-state index contributed by atoms with van der Waals surface area (Å²) in [5.41, 5.74) is 0. The highest BCUT2D eigenvalue weighted by molar-refractivity contribution is 6.30. The van der Waals surface area contributed by atoms with Gasteiger partial charge in [-0.3, -0.25) is 4.99 Å². The van der Waals surface area contributed by atoms with E-state index in [1.807, 2.05) is 0 Å². The Hall–Kier alpha value is -0.570. The van der Waals surface area contributed by atoms with Gasteiger partial charge < -0.3 is 5.32 Å². The van der Waals surface area contributed by atoms with Crippen molar-refractivity contribution in [2.75, 3.05) is 14.1 Å². The third-order valence-electron chi connectivity index (χ3n) is 0.672. The zero-order valence-electron chi connectivity index (χ0n) is 5.28. The number of nitrogens with zero attached hydrogens (tertiary/aromatic N) is 1. The highest BCUT2D eigenvalue weighted by Gasteiger charge is 1.94. The predicted molar refractivity (Wildman–Crippen MR) is 37.5 cm³/mol. The quantitative estimate of drug-likeness (QED) is 0.466. The van der Waals surface area contributed by atoms with Gasteiger partial charge >= 0.3 is 0 Å². The van der Waals surface area contributed by atoms with Crippen molar-refractivity contribution < 1.29 is 4.39 Å². The lowest BCUT2D eigenvalue weighted by atomic mass is 10.6. The molecule has 0 aromatic carbocycles. The number of aliphatic imine (C=N–C) groups is 1. The van der Waals surface area contributed by atoms with Crippen LogP contribution < -0.4 is 5.32 Å². The van der Waals surface area contributed by atoms with Gasteiger partial charge in [0.15, 0.2) is 5.83 Å². The summed E-state index contributed by atoms with van der Waals surface area (Å²) in [6.45, 7) is 0. The van der Waals surface area contributed by atoms with E-state index < -0.39 is 5.83 Å². The van der Waals surface area contributed by atoms with E-state index in [1.54, 1.807) is 0 Å². The molecule has 0 fully saturated rings. The third-order valence-corrected chi connectivity index (χ3v) is 1.04. The summed E-state index contributed by atoms with van der Waals surface area (Å²) in [5.74, 6) is -0.554. The minimum Gasteiger partial charge on any atom is -0.376 e. The lowest BCUT2D eigenvalue weighted by Gasteiger charge is -1.93. The van der Waals surface area contributed by atoms with E-state index in [0.29, 0.717) is 0 Å². The average Bonchev–Trinajstić information content (AvgIpc) is 1.87. The van der Waals surface area contributed by atoms with Crippen LogP contribution in [0.25, 0.3) is 0 Å². The number of halogens is 2. The van der Waals surface area contributed by atoms with Gasteiger partial charge in [-0.1, -0.05) is 11.6 Å². The summed E-state index contributed by atoms with van der Waals surface area (Å²) < 4.78 is 12.3. The van der Waals surface area contributed by atoms with E-state index in [4.69, 9.17) is 11.6 Å². The fourth-order valence-corrected chi connectivity index (χ4v) is 0.338. The van der Waals surface area contributed by atoms with Crippen molar-refractivity contribution >= 4 is 17.8 Å². The molecule has 0 radical (unpaired) electrons.